The Morgan fingerprint density at radius 2 is 2.12 bits per heavy atom. The summed E-state index contributed by atoms with van der Waals surface area (Å²) >= 11 is 5.70. The largest absolute Gasteiger partial charge is 0.497 e. The molecule has 138 valence electrons. The highest BCUT2D eigenvalue weighted by Crippen LogP contribution is 2.21. The normalized spacial score (nSPS) is 16.3. The number of nitrogens with zero attached hydrogens (tertiary/aromatic N) is 1. The second-order valence-electron chi connectivity index (χ2n) is 6.62. The van der Waals surface area contributed by atoms with Crippen LogP contribution in [0.1, 0.15) is 30.6 Å². The molecule has 0 bridgehead atoms. The van der Waals surface area contributed by atoms with Gasteiger partial charge in [-0.25, -0.2) is 0 Å². The molecule has 1 N–H and O–H groups in total. The standard InChI is InChI=1S/C21H26N2O2S/c1-24-19-11-9-18(10-12-19)16-23(15-17-6-3-2-4-7-17)21(26)22-14-20-8-5-13-25-20/h2-3,5,8-13,17H,4,6-7,14-16H2,1H3,(H,22,26)/t17-/m1/s1. The minimum absolute atomic E-state index is 0.607. The molecule has 0 saturated carbocycles. The molecule has 26 heavy (non-hydrogen) atoms. The van der Waals surface area contributed by atoms with Crippen molar-refractivity contribution in [2.45, 2.75) is 32.4 Å². The smallest absolute Gasteiger partial charge is 0.169 e. The van der Waals surface area contributed by atoms with Crippen molar-refractivity contribution in [3.05, 3.63) is 66.1 Å². The molecule has 0 aliphatic heterocycles. The maximum absolute atomic E-state index is 5.70. The van der Waals surface area contributed by atoms with E-state index in [0.717, 1.165) is 42.6 Å². The van der Waals surface area contributed by atoms with Gasteiger partial charge in [-0.05, 0) is 67.2 Å². The third kappa shape index (κ3) is 5.36. The van der Waals surface area contributed by atoms with Crippen LogP contribution >= 0.6 is 12.2 Å². The predicted molar refractivity (Wildman–Crippen MR) is 108 cm³/mol. The van der Waals surface area contributed by atoms with Crippen LogP contribution in [0, 0.1) is 5.92 Å². The van der Waals surface area contributed by atoms with Gasteiger partial charge in [0.2, 0.25) is 0 Å². The Labute approximate surface area is 160 Å². The van der Waals surface area contributed by atoms with Gasteiger partial charge in [-0.3, -0.25) is 0 Å². The molecule has 2 aromatic rings. The average molecular weight is 371 g/mol. The molecule has 1 aromatic heterocycles. The number of benzene rings is 1. The number of nitrogens with one attached hydrogen (secondary N) is 1. The Hall–Kier alpha value is -2.27. The molecule has 1 aliphatic rings. The van der Waals surface area contributed by atoms with Gasteiger partial charge in [-0.2, -0.15) is 0 Å². The fourth-order valence-corrected chi connectivity index (χ4v) is 3.40. The third-order valence-electron chi connectivity index (χ3n) is 4.67. The average Bonchev–Trinajstić information content (AvgIpc) is 3.20. The fourth-order valence-electron chi connectivity index (χ4n) is 3.19. The van der Waals surface area contributed by atoms with Gasteiger partial charge in [-0.15, -0.1) is 0 Å². The first-order valence-electron chi connectivity index (χ1n) is 9.07. The minimum atomic E-state index is 0.607. The van der Waals surface area contributed by atoms with E-state index in [0.29, 0.717) is 12.5 Å². The lowest BCUT2D eigenvalue weighted by molar-refractivity contribution is 0.311. The van der Waals surface area contributed by atoms with Crippen LogP contribution in [0.5, 0.6) is 5.75 Å². The van der Waals surface area contributed by atoms with Crippen molar-refractivity contribution in [2.75, 3.05) is 13.7 Å². The van der Waals surface area contributed by atoms with Crippen LogP contribution < -0.4 is 10.1 Å². The number of hydrogen-bond acceptors (Lipinski definition) is 3. The number of ether oxygens (including phenoxy) is 1. The van der Waals surface area contributed by atoms with Gasteiger partial charge in [0, 0.05) is 13.1 Å². The summed E-state index contributed by atoms with van der Waals surface area (Å²) in [5.41, 5.74) is 1.22. The highest BCUT2D eigenvalue weighted by Gasteiger charge is 2.18. The van der Waals surface area contributed by atoms with Crippen LogP contribution in [0.2, 0.25) is 0 Å². The lowest BCUT2D eigenvalue weighted by atomic mass is 9.94. The van der Waals surface area contributed by atoms with E-state index < -0.39 is 0 Å². The highest BCUT2D eigenvalue weighted by atomic mass is 32.1. The van der Waals surface area contributed by atoms with Crippen LogP contribution in [0.15, 0.2) is 59.2 Å². The molecule has 1 aromatic carbocycles. The van der Waals surface area contributed by atoms with Gasteiger partial charge in [0.25, 0.3) is 0 Å². The third-order valence-corrected chi connectivity index (χ3v) is 5.07. The summed E-state index contributed by atoms with van der Waals surface area (Å²) in [7, 11) is 1.69. The Morgan fingerprint density at radius 3 is 2.77 bits per heavy atom. The summed E-state index contributed by atoms with van der Waals surface area (Å²) in [4.78, 5) is 2.27. The molecule has 0 amide bonds. The van der Waals surface area contributed by atoms with Gasteiger partial charge in [-0.1, -0.05) is 24.3 Å². The van der Waals surface area contributed by atoms with E-state index in [1.54, 1.807) is 13.4 Å². The second-order valence-corrected chi connectivity index (χ2v) is 7.00. The van der Waals surface area contributed by atoms with E-state index in [1.165, 1.54) is 12.0 Å². The number of rotatable bonds is 7. The molecule has 0 fully saturated rings. The van der Waals surface area contributed by atoms with Crippen molar-refractivity contribution in [3.8, 4) is 5.75 Å². The monoisotopic (exact) mass is 370 g/mol. The molecule has 4 nitrogen and oxygen atoms in total. The number of allylic oxidation sites excluding steroid dienone is 2. The zero-order valence-corrected chi connectivity index (χ0v) is 16.0. The molecule has 3 rings (SSSR count). The SMILES string of the molecule is COc1ccc(CN(C[C@@H]2CC=CCC2)C(=S)NCc2ccco2)cc1. The zero-order chi connectivity index (χ0) is 18.2. The van der Waals surface area contributed by atoms with Crippen LogP contribution in [-0.4, -0.2) is 23.7 Å². The summed E-state index contributed by atoms with van der Waals surface area (Å²) in [6.45, 7) is 2.35. The van der Waals surface area contributed by atoms with E-state index in [1.807, 2.05) is 24.3 Å². The number of thiocarbonyl (C=S) groups is 1. The van der Waals surface area contributed by atoms with Crippen molar-refractivity contribution in [1.82, 2.24) is 10.2 Å². The van der Waals surface area contributed by atoms with Crippen molar-refractivity contribution in [2.24, 2.45) is 5.92 Å². The van der Waals surface area contributed by atoms with Crippen LogP contribution in [0.3, 0.4) is 0 Å². The summed E-state index contributed by atoms with van der Waals surface area (Å²) in [6, 6.07) is 12.0. The molecule has 0 saturated heterocycles. The molecule has 0 unspecified atom stereocenters. The molecule has 1 atom stereocenters. The van der Waals surface area contributed by atoms with Gasteiger partial charge in [0.1, 0.15) is 11.5 Å². The van der Waals surface area contributed by atoms with Crippen LogP contribution in [0.25, 0.3) is 0 Å². The molecular weight excluding hydrogens is 344 g/mol. The topological polar surface area (TPSA) is 37.6 Å². The van der Waals surface area contributed by atoms with Crippen molar-refractivity contribution >= 4 is 17.3 Å². The Balaban J connectivity index is 1.64. The van der Waals surface area contributed by atoms with E-state index >= 15 is 0 Å². The first kappa shape index (κ1) is 18.5. The molecule has 0 spiro atoms. The first-order valence-corrected chi connectivity index (χ1v) is 9.48. The molecule has 1 heterocycles. The molecule has 1 aliphatic carbocycles. The number of furan rings is 1. The number of hydrogen-bond donors (Lipinski definition) is 1. The van der Waals surface area contributed by atoms with Crippen molar-refractivity contribution < 1.29 is 9.15 Å². The van der Waals surface area contributed by atoms with Crippen LogP contribution in [-0.2, 0) is 13.1 Å². The van der Waals surface area contributed by atoms with E-state index in [9.17, 15) is 0 Å². The lowest BCUT2D eigenvalue weighted by Crippen LogP contribution is -2.41. The van der Waals surface area contributed by atoms with Crippen molar-refractivity contribution in [3.63, 3.8) is 0 Å². The second kappa shape index (κ2) is 9.43. The van der Waals surface area contributed by atoms with E-state index in [-0.39, 0.29) is 0 Å². The summed E-state index contributed by atoms with van der Waals surface area (Å²) in [5.74, 6) is 2.40. The van der Waals surface area contributed by atoms with Gasteiger partial charge in [0.05, 0.1) is 19.9 Å². The predicted octanol–water partition coefficient (Wildman–Crippen LogP) is 4.52. The van der Waals surface area contributed by atoms with Crippen LogP contribution in [0.4, 0.5) is 0 Å². The Bertz CT molecular complexity index is 710. The Morgan fingerprint density at radius 1 is 1.27 bits per heavy atom. The lowest BCUT2D eigenvalue weighted by Gasteiger charge is -2.30. The maximum atomic E-state index is 5.70. The van der Waals surface area contributed by atoms with Gasteiger partial charge in [0.15, 0.2) is 5.11 Å². The first-order chi connectivity index (χ1) is 12.7. The summed E-state index contributed by atoms with van der Waals surface area (Å²) in [6.07, 6.45) is 9.75. The minimum Gasteiger partial charge on any atom is -0.497 e. The zero-order valence-electron chi connectivity index (χ0n) is 15.2. The van der Waals surface area contributed by atoms with Gasteiger partial charge < -0.3 is 19.4 Å². The van der Waals surface area contributed by atoms with Crippen molar-refractivity contribution in [1.29, 1.82) is 0 Å². The van der Waals surface area contributed by atoms with E-state index in [2.05, 4.69) is 34.5 Å². The fraction of sp³-hybridized carbons (Fsp3) is 0.381. The molecular formula is C21H26N2O2S. The number of methoxy groups -OCH3 is 1. The van der Waals surface area contributed by atoms with Gasteiger partial charge >= 0.3 is 0 Å². The Kier molecular flexibility index (Phi) is 6.72. The highest BCUT2D eigenvalue weighted by molar-refractivity contribution is 7.80. The summed E-state index contributed by atoms with van der Waals surface area (Å²) < 4.78 is 10.6. The summed E-state index contributed by atoms with van der Waals surface area (Å²) in [5, 5.41) is 4.11. The quantitative estimate of drug-likeness (QED) is 0.573. The molecule has 5 heteroatoms. The molecule has 0 radical (unpaired) electrons. The maximum Gasteiger partial charge on any atom is 0.169 e. The van der Waals surface area contributed by atoms with E-state index in [4.69, 9.17) is 21.4 Å².